The van der Waals surface area contributed by atoms with Gasteiger partial charge in [0.05, 0.1) is 6.04 Å². The van der Waals surface area contributed by atoms with Crippen LogP contribution in [-0.4, -0.2) is 74.4 Å². The molecule has 0 saturated carbocycles. The Hall–Kier alpha value is -3.76. The third-order valence-electron chi connectivity index (χ3n) is 5.45. The number of phenols is 1. The number of ether oxygens (including phenoxy) is 1. The highest BCUT2D eigenvalue weighted by Gasteiger charge is 2.64. The molecular weight excluding hydrogens is 386 g/mol. The molecule has 4 N–H and O–H groups in total. The number of aliphatic carboxylic acids is 1. The Bertz CT molecular complexity index is 941. The van der Waals surface area contributed by atoms with Crippen molar-refractivity contribution in [3.63, 3.8) is 0 Å². The third-order valence-corrected chi connectivity index (χ3v) is 5.45. The average molecular weight is 403 g/mol. The van der Waals surface area contributed by atoms with E-state index in [9.17, 15) is 34.5 Å². The molecule has 4 rings (SSSR count). The molecular formula is C18H17N3O8. The van der Waals surface area contributed by atoms with E-state index >= 15 is 0 Å². The summed E-state index contributed by atoms with van der Waals surface area (Å²) >= 11 is 0. The number of rotatable bonds is 4. The Morgan fingerprint density at radius 3 is 2.48 bits per heavy atom. The number of carbonyl (C=O) groups is 4. The minimum absolute atomic E-state index is 0.0302. The van der Waals surface area contributed by atoms with Gasteiger partial charge in [-0.15, -0.1) is 0 Å². The summed E-state index contributed by atoms with van der Waals surface area (Å²) in [5.41, 5.74) is 0.427. The molecule has 152 valence electrons. The van der Waals surface area contributed by atoms with Crippen molar-refractivity contribution in [2.24, 2.45) is 5.92 Å². The molecule has 0 bridgehead atoms. The average Bonchev–Trinajstić information content (AvgIpc) is 3.00. The molecule has 3 aliphatic rings. The van der Waals surface area contributed by atoms with Gasteiger partial charge in [0.2, 0.25) is 0 Å². The fraction of sp³-hybridized carbons (Fsp3) is 0.333. The molecule has 3 amide bonds. The summed E-state index contributed by atoms with van der Waals surface area (Å²) in [4.78, 5) is 49.7. The van der Waals surface area contributed by atoms with E-state index in [0.29, 0.717) is 17.7 Å². The molecule has 1 aromatic rings. The number of piperidine rings is 1. The summed E-state index contributed by atoms with van der Waals surface area (Å²) in [5.74, 6) is -2.27. The van der Waals surface area contributed by atoms with E-state index in [-0.39, 0.29) is 30.5 Å². The van der Waals surface area contributed by atoms with Gasteiger partial charge in [-0.25, -0.2) is 14.4 Å². The van der Waals surface area contributed by atoms with Crippen LogP contribution in [-0.2, 0) is 14.3 Å². The van der Waals surface area contributed by atoms with Gasteiger partial charge in [-0.1, -0.05) is 0 Å². The van der Waals surface area contributed by atoms with E-state index in [0.717, 1.165) is 9.80 Å². The lowest BCUT2D eigenvalue weighted by Gasteiger charge is -2.52. The van der Waals surface area contributed by atoms with Gasteiger partial charge < -0.3 is 20.1 Å². The van der Waals surface area contributed by atoms with Crippen LogP contribution < -0.4 is 5.32 Å². The van der Waals surface area contributed by atoms with E-state index in [1.54, 1.807) is 0 Å². The summed E-state index contributed by atoms with van der Waals surface area (Å²) in [6.07, 6.45) is -1.73. The predicted octanol–water partition coefficient (Wildman–Crippen LogP) is 0.872. The van der Waals surface area contributed by atoms with Crippen molar-refractivity contribution in [3.8, 4) is 5.75 Å². The van der Waals surface area contributed by atoms with Gasteiger partial charge in [0.1, 0.15) is 24.1 Å². The third kappa shape index (κ3) is 2.91. The largest absolute Gasteiger partial charge is 0.508 e. The number of amides is 3. The number of aromatic hydroxyl groups is 1. The number of benzene rings is 1. The zero-order valence-electron chi connectivity index (χ0n) is 14.9. The number of phenolic OH excluding ortho intramolecular Hbond substituents is 1. The lowest BCUT2D eigenvalue weighted by Crippen LogP contribution is -2.73. The summed E-state index contributed by atoms with van der Waals surface area (Å²) in [6.45, 7) is -0.243. The standard InChI is InChI=1S/C18H17N3O8/c22-9-3-1-8(2-4-9)19-17(26)29-7-11-10-5-6-20(18(27)28)14-12(10)21(15(14)23)13(11)16(24)25/h1-4,10,12,14,22H,5-7H2,(H,19,26)(H,24,25)(H,27,28)/t10?,12-,14+/m1/s1. The van der Waals surface area contributed by atoms with Crippen LogP contribution in [0.4, 0.5) is 15.3 Å². The van der Waals surface area contributed by atoms with Gasteiger partial charge in [-0.05, 0) is 30.7 Å². The lowest BCUT2D eigenvalue weighted by molar-refractivity contribution is -0.161. The Labute approximate surface area is 163 Å². The van der Waals surface area contributed by atoms with Gasteiger partial charge in [0.25, 0.3) is 5.91 Å². The topological polar surface area (TPSA) is 157 Å². The van der Waals surface area contributed by atoms with Crippen LogP contribution in [0.3, 0.4) is 0 Å². The molecule has 2 saturated heterocycles. The summed E-state index contributed by atoms with van der Waals surface area (Å²) < 4.78 is 5.16. The second-order valence-electron chi connectivity index (χ2n) is 6.94. The first-order chi connectivity index (χ1) is 13.8. The molecule has 3 aliphatic heterocycles. The van der Waals surface area contributed by atoms with Crippen molar-refractivity contribution in [3.05, 3.63) is 35.5 Å². The van der Waals surface area contributed by atoms with Gasteiger partial charge in [-0.2, -0.15) is 0 Å². The quantitative estimate of drug-likeness (QED) is 0.426. The SMILES string of the molecule is O=C(Nc1ccc(O)cc1)OCC1=C(C(=O)O)N2C(=O)[C@@H]3[C@H]2C1CCN3C(=O)O. The molecule has 0 radical (unpaired) electrons. The number of likely N-dealkylation sites (tertiary alicyclic amines) is 1. The van der Waals surface area contributed by atoms with Crippen molar-refractivity contribution < 1.29 is 39.2 Å². The Balaban J connectivity index is 1.50. The summed E-state index contributed by atoms with van der Waals surface area (Å²) in [7, 11) is 0. The second-order valence-corrected chi connectivity index (χ2v) is 6.94. The number of carboxylic acid groups (broad SMARTS) is 2. The van der Waals surface area contributed by atoms with Crippen LogP contribution in [0.15, 0.2) is 35.5 Å². The summed E-state index contributed by atoms with van der Waals surface area (Å²) in [5, 5.41) is 30.6. The Kier molecular flexibility index (Phi) is 4.29. The van der Waals surface area contributed by atoms with E-state index < -0.39 is 36.1 Å². The number of hydrogen-bond donors (Lipinski definition) is 4. The predicted molar refractivity (Wildman–Crippen MR) is 95.0 cm³/mol. The molecule has 11 heteroatoms. The molecule has 11 nitrogen and oxygen atoms in total. The zero-order chi connectivity index (χ0) is 20.9. The molecule has 0 aliphatic carbocycles. The second kappa shape index (κ2) is 6.69. The highest BCUT2D eigenvalue weighted by atomic mass is 16.5. The van der Waals surface area contributed by atoms with E-state index in [2.05, 4.69) is 5.32 Å². The number of β-lactam (4-membered cyclic amide) rings is 1. The minimum atomic E-state index is -1.33. The van der Waals surface area contributed by atoms with Gasteiger partial charge in [0, 0.05) is 23.7 Å². The number of anilines is 1. The van der Waals surface area contributed by atoms with Crippen molar-refractivity contribution in [1.29, 1.82) is 0 Å². The van der Waals surface area contributed by atoms with Gasteiger partial charge in [0.15, 0.2) is 0 Å². The molecule has 0 aromatic heterocycles. The van der Waals surface area contributed by atoms with Gasteiger partial charge >= 0.3 is 18.2 Å². The fourth-order valence-electron chi connectivity index (χ4n) is 4.24. The number of hydrogen-bond acceptors (Lipinski definition) is 6. The normalized spacial score (nSPS) is 24.7. The maximum absolute atomic E-state index is 12.4. The number of nitrogens with zero attached hydrogens (tertiary/aromatic N) is 2. The molecule has 1 aromatic carbocycles. The first-order valence-corrected chi connectivity index (χ1v) is 8.81. The lowest BCUT2D eigenvalue weighted by atomic mass is 9.78. The minimum Gasteiger partial charge on any atom is -0.508 e. The van der Waals surface area contributed by atoms with Crippen molar-refractivity contribution in [1.82, 2.24) is 9.80 Å². The molecule has 29 heavy (non-hydrogen) atoms. The first-order valence-electron chi connectivity index (χ1n) is 8.81. The molecule has 2 fully saturated rings. The van der Waals surface area contributed by atoms with Crippen molar-refractivity contribution in [2.45, 2.75) is 18.5 Å². The first kappa shape index (κ1) is 18.6. The number of carboxylic acids is 1. The van der Waals surface area contributed by atoms with Gasteiger partial charge in [-0.3, -0.25) is 19.9 Å². The van der Waals surface area contributed by atoms with Crippen LogP contribution in [0.5, 0.6) is 5.75 Å². The smallest absolute Gasteiger partial charge is 0.411 e. The van der Waals surface area contributed by atoms with Crippen LogP contribution in [0.1, 0.15) is 6.42 Å². The number of nitrogens with one attached hydrogen (secondary N) is 1. The number of carbonyl (C=O) groups excluding carboxylic acids is 2. The van der Waals surface area contributed by atoms with E-state index in [4.69, 9.17) is 4.74 Å². The molecule has 3 heterocycles. The van der Waals surface area contributed by atoms with Crippen molar-refractivity contribution >= 4 is 29.8 Å². The van der Waals surface area contributed by atoms with Crippen LogP contribution in [0, 0.1) is 5.92 Å². The van der Waals surface area contributed by atoms with Crippen LogP contribution >= 0.6 is 0 Å². The highest BCUT2D eigenvalue weighted by molar-refractivity contribution is 6.02. The van der Waals surface area contributed by atoms with E-state index in [1.165, 1.54) is 24.3 Å². The molecule has 0 spiro atoms. The Morgan fingerprint density at radius 1 is 1.17 bits per heavy atom. The highest BCUT2D eigenvalue weighted by Crippen LogP contribution is 2.48. The maximum atomic E-state index is 12.4. The van der Waals surface area contributed by atoms with Crippen LogP contribution in [0.2, 0.25) is 0 Å². The van der Waals surface area contributed by atoms with Crippen molar-refractivity contribution in [2.75, 3.05) is 18.5 Å². The van der Waals surface area contributed by atoms with Crippen LogP contribution in [0.25, 0.3) is 0 Å². The summed E-state index contributed by atoms with van der Waals surface area (Å²) in [6, 6.07) is 4.19. The Morgan fingerprint density at radius 2 is 1.86 bits per heavy atom. The monoisotopic (exact) mass is 403 g/mol. The fourth-order valence-corrected chi connectivity index (χ4v) is 4.24. The molecule has 1 unspecified atom stereocenters. The zero-order valence-corrected chi connectivity index (χ0v) is 14.9. The van der Waals surface area contributed by atoms with E-state index in [1.807, 2.05) is 0 Å². The maximum Gasteiger partial charge on any atom is 0.411 e. The molecule has 3 atom stereocenters.